The van der Waals surface area contributed by atoms with E-state index in [0.29, 0.717) is 22.7 Å². The summed E-state index contributed by atoms with van der Waals surface area (Å²) in [5, 5.41) is 6.83. The number of aryl methyl sites for hydroxylation is 2. The van der Waals surface area contributed by atoms with E-state index in [1.807, 2.05) is 32.0 Å². The van der Waals surface area contributed by atoms with E-state index >= 15 is 0 Å². The van der Waals surface area contributed by atoms with Gasteiger partial charge in [-0.05, 0) is 79.9 Å². The predicted molar refractivity (Wildman–Crippen MR) is 123 cm³/mol. The standard InChI is InChI=1S/C25H24FN3O3/c1-16-10-17(2)12-23(11-16)32-15-24(30)29-28-18(3)19-6-5-9-22(14-19)27-25(31)20-7-4-8-21(26)13-20/h4-14H,15H2,1-3H3,(H,27,31)(H,29,30)/b28-18-. The van der Waals surface area contributed by atoms with Crippen molar-refractivity contribution in [2.45, 2.75) is 20.8 Å². The van der Waals surface area contributed by atoms with Gasteiger partial charge >= 0.3 is 0 Å². The van der Waals surface area contributed by atoms with Crippen LogP contribution in [0.5, 0.6) is 5.75 Å². The second-order valence-corrected chi connectivity index (χ2v) is 7.39. The smallest absolute Gasteiger partial charge is 0.277 e. The van der Waals surface area contributed by atoms with Gasteiger partial charge in [0.05, 0.1) is 5.71 Å². The number of benzene rings is 3. The van der Waals surface area contributed by atoms with Gasteiger partial charge in [0, 0.05) is 11.3 Å². The Morgan fingerprint density at radius 1 is 0.938 bits per heavy atom. The minimum Gasteiger partial charge on any atom is -0.484 e. The molecule has 0 aliphatic heterocycles. The molecule has 32 heavy (non-hydrogen) atoms. The first-order valence-corrected chi connectivity index (χ1v) is 10.0. The van der Waals surface area contributed by atoms with Crippen LogP contribution in [0.4, 0.5) is 10.1 Å². The van der Waals surface area contributed by atoms with Crippen molar-refractivity contribution in [3.8, 4) is 5.75 Å². The Morgan fingerprint density at radius 3 is 2.34 bits per heavy atom. The van der Waals surface area contributed by atoms with Crippen LogP contribution < -0.4 is 15.5 Å². The summed E-state index contributed by atoms with van der Waals surface area (Å²) in [5.41, 5.74) is 6.57. The summed E-state index contributed by atoms with van der Waals surface area (Å²) in [6, 6.07) is 18.2. The molecule has 0 fully saturated rings. The molecule has 164 valence electrons. The highest BCUT2D eigenvalue weighted by molar-refractivity contribution is 6.05. The molecule has 0 aromatic heterocycles. The number of rotatable bonds is 7. The molecule has 0 radical (unpaired) electrons. The summed E-state index contributed by atoms with van der Waals surface area (Å²) in [6.07, 6.45) is 0. The average Bonchev–Trinajstić information content (AvgIpc) is 2.75. The van der Waals surface area contributed by atoms with Crippen molar-refractivity contribution in [2.75, 3.05) is 11.9 Å². The first-order chi connectivity index (χ1) is 15.3. The fourth-order valence-corrected chi connectivity index (χ4v) is 3.06. The van der Waals surface area contributed by atoms with Crippen molar-refractivity contribution in [3.63, 3.8) is 0 Å². The van der Waals surface area contributed by atoms with Gasteiger partial charge in [-0.25, -0.2) is 9.82 Å². The van der Waals surface area contributed by atoms with E-state index in [1.54, 1.807) is 31.2 Å². The third-order valence-electron chi connectivity index (χ3n) is 4.54. The lowest BCUT2D eigenvalue weighted by atomic mass is 10.1. The molecule has 7 heteroatoms. The number of nitrogens with zero attached hydrogens (tertiary/aromatic N) is 1. The molecule has 0 spiro atoms. The van der Waals surface area contributed by atoms with Crippen LogP contribution in [0, 0.1) is 19.7 Å². The molecule has 3 aromatic rings. The van der Waals surface area contributed by atoms with Crippen molar-refractivity contribution in [1.29, 1.82) is 0 Å². The lowest BCUT2D eigenvalue weighted by Gasteiger charge is -2.09. The molecule has 0 heterocycles. The van der Waals surface area contributed by atoms with Gasteiger partial charge in [0.15, 0.2) is 6.61 Å². The van der Waals surface area contributed by atoms with Gasteiger partial charge in [0.2, 0.25) is 0 Å². The molecule has 0 aliphatic carbocycles. The van der Waals surface area contributed by atoms with Crippen LogP contribution in [0.25, 0.3) is 0 Å². The van der Waals surface area contributed by atoms with Gasteiger partial charge in [-0.15, -0.1) is 0 Å². The van der Waals surface area contributed by atoms with E-state index < -0.39 is 11.7 Å². The van der Waals surface area contributed by atoms with E-state index in [4.69, 9.17) is 4.74 Å². The van der Waals surface area contributed by atoms with E-state index in [-0.39, 0.29) is 18.1 Å². The van der Waals surface area contributed by atoms with E-state index in [2.05, 4.69) is 15.8 Å². The zero-order valence-corrected chi connectivity index (χ0v) is 18.1. The summed E-state index contributed by atoms with van der Waals surface area (Å²) in [6.45, 7) is 5.49. The number of anilines is 1. The van der Waals surface area contributed by atoms with Crippen molar-refractivity contribution in [3.05, 3.63) is 94.8 Å². The lowest BCUT2D eigenvalue weighted by Crippen LogP contribution is -2.25. The summed E-state index contributed by atoms with van der Waals surface area (Å²) in [7, 11) is 0. The molecule has 2 N–H and O–H groups in total. The van der Waals surface area contributed by atoms with Gasteiger partial charge in [-0.3, -0.25) is 9.59 Å². The van der Waals surface area contributed by atoms with Crippen LogP contribution in [-0.2, 0) is 4.79 Å². The number of carbonyl (C=O) groups is 2. The number of carbonyl (C=O) groups excluding carboxylic acids is 2. The molecule has 0 atom stereocenters. The molecule has 6 nitrogen and oxygen atoms in total. The Kier molecular flexibility index (Phi) is 7.33. The second kappa shape index (κ2) is 10.3. The maximum atomic E-state index is 13.3. The van der Waals surface area contributed by atoms with Gasteiger partial charge in [0.1, 0.15) is 11.6 Å². The van der Waals surface area contributed by atoms with Crippen LogP contribution in [0.15, 0.2) is 71.8 Å². The number of hydrogen-bond acceptors (Lipinski definition) is 4. The highest BCUT2D eigenvalue weighted by atomic mass is 19.1. The zero-order chi connectivity index (χ0) is 23.1. The number of amides is 2. The number of hydrogen-bond donors (Lipinski definition) is 2. The second-order valence-electron chi connectivity index (χ2n) is 7.39. The largest absolute Gasteiger partial charge is 0.484 e. The van der Waals surface area contributed by atoms with E-state index in [1.165, 1.54) is 24.3 Å². The highest BCUT2D eigenvalue weighted by Gasteiger charge is 2.09. The number of ether oxygens (including phenoxy) is 1. The highest BCUT2D eigenvalue weighted by Crippen LogP contribution is 2.16. The minimum absolute atomic E-state index is 0.163. The summed E-state index contributed by atoms with van der Waals surface area (Å²) in [4.78, 5) is 24.4. The van der Waals surface area contributed by atoms with Crippen molar-refractivity contribution < 1.29 is 18.7 Å². The van der Waals surface area contributed by atoms with Crippen molar-refractivity contribution in [2.24, 2.45) is 5.10 Å². The maximum Gasteiger partial charge on any atom is 0.277 e. The molecular formula is C25H24FN3O3. The number of hydrazone groups is 1. The Labute approximate surface area is 186 Å². The Hall–Kier alpha value is -4.00. The van der Waals surface area contributed by atoms with Crippen LogP contribution in [0.3, 0.4) is 0 Å². The molecule has 0 bridgehead atoms. The van der Waals surface area contributed by atoms with E-state index in [0.717, 1.165) is 11.1 Å². The zero-order valence-electron chi connectivity index (χ0n) is 18.1. The molecular weight excluding hydrogens is 409 g/mol. The van der Waals surface area contributed by atoms with Gasteiger partial charge in [-0.2, -0.15) is 5.10 Å². The Balaban J connectivity index is 1.58. The first-order valence-electron chi connectivity index (χ1n) is 10.0. The number of nitrogens with one attached hydrogen (secondary N) is 2. The molecule has 3 rings (SSSR count). The molecule has 3 aromatic carbocycles. The van der Waals surface area contributed by atoms with Crippen LogP contribution >= 0.6 is 0 Å². The lowest BCUT2D eigenvalue weighted by molar-refractivity contribution is -0.123. The van der Waals surface area contributed by atoms with Crippen LogP contribution in [-0.4, -0.2) is 24.1 Å². The summed E-state index contributed by atoms with van der Waals surface area (Å²) < 4.78 is 18.9. The van der Waals surface area contributed by atoms with Gasteiger partial charge in [-0.1, -0.05) is 24.3 Å². The number of halogens is 1. The molecule has 0 unspecified atom stereocenters. The van der Waals surface area contributed by atoms with Crippen LogP contribution in [0.1, 0.15) is 34.0 Å². The van der Waals surface area contributed by atoms with Gasteiger partial charge in [0.25, 0.3) is 11.8 Å². The predicted octanol–water partition coefficient (Wildman–Crippen LogP) is 4.61. The Bertz CT molecular complexity index is 1150. The topological polar surface area (TPSA) is 79.8 Å². The van der Waals surface area contributed by atoms with Crippen molar-refractivity contribution >= 4 is 23.2 Å². The van der Waals surface area contributed by atoms with Crippen LogP contribution in [0.2, 0.25) is 0 Å². The summed E-state index contributed by atoms with van der Waals surface area (Å²) in [5.74, 6) is -0.668. The molecule has 2 amide bonds. The maximum absolute atomic E-state index is 13.3. The first kappa shape index (κ1) is 22.7. The molecule has 0 saturated carbocycles. The molecule has 0 saturated heterocycles. The normalized spacial score (nSPS) is 11.1. The van der Waals surface area contributed by atoms with Gasteiger partial charge < -0.3 is 10.1 Å². The monoisotopic (exact) mass is 433 g/mol. The fourth-order valence-electron chi connectivity index (χ4n) is 3.06. The third-order valence-corrected chi connectivity index (χ3v) is 4.54. The SMILES string of the molecule is C/C(=N/NC(=O)COc1cc(C)cc(C)c1)c1cccc(NC(=O)c2cccc(F)c2)c1. The van der Waals surface area contributed by atoms with Crippen molar-refractivity contribution in [1.82, 2.24) is 5.43 Å². The average molecular weight is 433 g/mol. The fraction of sp³-hybridized carbons (Fsp3) is 0.160. The Morgan fingerprint density at radius 2 is 1.62 bits per heavy atom. The van der Waals surface area contributed by atoms with E-state index in [9.17, 15) is 14.0 Å². The third kappa shape index (κ3) is 6.50. The minimum atomic E-state index is -0.480. The summed E-state index contributed by atoms with van der Waals surface area (Å²) >= 11 is 0. The molecule has 0 aliphatic rings. The quantitative estimate of drug-likeness (QED) is 0.422.